The van der Waals surface area contributed by atoms with E-state index < -0.39 is 23.2 Å². The van der Waals surface area contributed by atoms with Crippen molar-refractivity contribution >= 4 is 23.7 Å². The molecule has 0 unspecified atom stereocenters. The highest BCUT2D eigenvalue weighted by molar-refractivity contribution is 6.30. The lowest BCUT2D eigenvalue weighted by atomic mass is 10.1. The molecule has 0 radical (unpaired) electrons. The Morgan fingerprint density at radius 1 is 1.10 bits per heavy atom. The summed E-state index contributed by atoms with van der Waals surface area (Å²) in [4.78, 5) is 24.9. The topological polar surface area (TPSA) is 63.5 Å². The molecule has 0 aliphatic heterocycles. The molecular weight excluding hydrogens is 419 g/mol. The largest absolute Gasteiger partial charge is 0.416 e. The van der Waals surface area contributed by atoms with Crippen molar-refractivity contribution in [2.45, 2.75) is 12.7 Å². The van der Waals surface area contributed by atoms with Crippen LogP contribution in [0.15, 0.2) is 76.8 Å². The van der Waals surface area contributed by atoms with Gasteiger partial charge < -0.3 is 4.57 Å². The number of hydrogen-bond donors (Lipinski definition) is 1. The summed E-state index contributed by atoms with van der Waals surface area (Å²) in [7, 11) is 0. The number of carbonyl (C=O) groups excluding carboxylic acids is 1. The van der Waals surface area contributed by atoms with E-state index in [0.717, 1.165) is 23.9 Å². The number of carbonyl (C=O) groups is 1. The standard InChI is InChI=1S/C21H15ClF3N3O2/c22-17-7-2-5-15(11-17)13-28-9-3-8-18(20(28)30)19(29)27-26-12-14-4-1-6-16(10-14)21(23,24)25/h1-12H,13H2,(H,27,29)/b26-12-. The van der Waals surface area contributed by atoms with Crippen LogP contribution in [0.5, 0.6) is 0 Å². The van der Waals surface area contributed by atoms with Crippen molar-refractivity contribution in [3.8, 4) is 0 Å². The average molecular weight is 434 g/mol. The van der Waals surface area contributed by atoms with E-state index in [1.165, 1.54) is 35.0 Å². The number of halogens is 4. The van der Waals surface area contributed by atoms with Gasteiger partial charge in [0.2, 0.25) is 0 Å². The lowest BCUT2D eigenvalue weighted by molar-refractivity contribution is -0.137. The molecule has 2 aromatic carbocycles. The molecule has 0 bridgehead atoms. The SMILES string of the molecule is O=C(N/N=C\c1cccc(C(F)(F)F)c1)c1cccn(Cc2cccc(Cl)c2)c1=O. The van der Waals surface area contributed by atoms with Gasteiger partial charge in [-0.05, 0) is 47.5 Å². The Morgan fingerprint density at radius 3 is 2.60 bits per heavy atom. The van der Waals surface area contributed by atoms with E-state index in [2.05, 4.69) is 10.5 Å². The molecule has 0 saturated heterocycles. The molecule has 3 aromatic rings. The van der Waals surface area contributed by atoms with E-state index in [1.807, 2.05) is 0 Å². The number of hydrazone groups is 1. The van der Waals surface area contributed by atoms with E-state index in [1.54, 1.807) is 24.3 Å². The smallest absolute Gasteiger partial charge is 0.310 e. The molecule has 1 aromatic heterocycles. The molecule has 1 heterocycles. The van der Waals surface area contributed by atoms with Gasteiger partial charge in [0, 0.05) is 11.2 Å². The van der Waals surface area contributed by atoms with Crippen molar-refractivity contribution in [1.29, 1.82) is 0 Å². The summed E-state index contributed by atoms with van der Waals surface area (Å²) >= 11 is 5.95. The summed E-state index contributed by atoms with van der Waals surface area (Å²) in [5, 5.41) is 4.18. The first-order chi connectivity index (χ1) is 14.2. The van der Waals surface area contributed by atoms with Crippen LogP contribution in [0.25, 0.3) is 0 Å². The molecule has 9 heteroatoms. The maximum absolute atomic E-state index is 12.7. The van der Waals surface area contributed by atoms with Crippen molar-refractivity contribution in [2.75, 3.05) is 0 Å². The molecular formula is C21H15ClF3N3O2. The predicted molar refractivity (Wildman–Crippen MR) is 108 cm³/mol. The van der Waals surface area contributed by atoms with Crippen LogP contribution in [0, 0.1) is 0 Å². The number of hydrogen-bond acceptors (Lipinski definition) is 3. The summed E-state index contributed by atoms with van der Waals surface area (Å²) in [6.45, 7) is 0.216. The number of benzene rings is 2. The number of aromatic nitrogens is 1. The van der Waals surface area contributed by atoms with E-state index in [9.17, 15) is 22.8 Å². The second-order valence-electron chi connectivity index (χ2n) is 6.31. The van der Waals surface area contributed by atoms with E-state index in [4.69, 9.17) is 11.6 Å². The summed E-state index contributed by atoms with van der Waals surface area (Å²) in [6, 6.07) is 14.3. The Kier molecular flexibility index (Phi) is 6.37. The predicted octanol–water partition coefficient (Wildman–Crippen LogP) is 4.33. The highest BCUT2D eigenvalue weighted by Crippen LogP contribution is 2.29. The molecule has 30 heavy (non-hydrogen) atoms. The van der Waals surface area contributed by atoms with Crippen LogP contribution in [0.1, 0.15) is 27.0 Å². The third-order valence-electron chi connectivity index (χ3n) is 4.10. The van der Waals surface area contributed by atoms with Gasteiger partial charge in [-0.25, -0.2) is 5.43 Å². The number of rotatable bonds is 5. The highest BCUT2D eigenvalue weighted by atomic mass is 35.5. The van der Waals surface area contributed by atoms with Crippen LogP contribution in [-0.2, 0) is 12.7 Å². The molecule has 0 aliphatic rings. The second kappa shape index (κ2) is 8.96. The Balaban J connectivity index is 1.73. The number of nitrogens with one attached hydrogen (secondary N) is 1. The quantitative estimate of drug-likeness (QED) is 0.481. The van der Waals surface area contributed by atoms with Crippen molar-refractivity contribution in [3.05, 3.63) is 104 Å². The molecule has 0 spiro atoms. The first-order valence-electron chi connectivity index (χ1n) is 8.68. The third kappa shape index (κ3) is 5.36. The average Bonchev–Trinajstić information content (AvgIpc) is 2.69. The van der Waals surface area contributed by atoms with Crippen molar-refractivity contribution in [2.24, 2.45) is 5.10 Å². The second-order valence-corrected chi connectivity index (χ2v) is 6.74. The fourth-order valence-electron chi connectivity index (χ4n) is 2.69. The Bertz CT molecular complexity index is 1160. The summed E-state index contributed by atoms with van der Waals surface area (Å²) in [6.07, 6.45) is -1.88. The summed E-state index contributed by atoms with van der Waals surface area (Å²) in [5.41, 5.74) is 1.57. The molecule has 0 saturated carbocycles. The van der Waals surface area contributed by atoms with E-state index >= 15 is 0 Å². The Labute approximate surface area is 174 Å². The Morgan fingerprint density at radius 2 is 1.87 bits per heavy atom. The van der Waals surface area contributed by atoms with Gasteiger partial charge in [0.25, 0.3) is 11.5 Å². The van der Waals surface area contributed by atoms with Crippen LogP contribution in [-0.4, -0.2) is 16.7 Å². The minimum atomic E-state index is -4.48. The molecule has 0 aliphatic carbocycles. The molecule has 0 fully saturated rings. The Hall–Kier alpha value is -3.39. The third-order valence-corrected chi connectivity index (χ3v) is 4.34. The van der Waals surface area contributed by atoms with Crippen LogP contribution in [0.2, 0.25) is 5.02 Å². The number of alkyl halides is 3. The molecule has 3 rings (SSSR count). The maximum Gasteiger partial charge on any atom is 0.416 e. The summed E-state index contributed by atoms with van der Waals surface area (Å²) in [5.74, 6) is -0.774. The van der Waals surface area contributed by atoms with Gasteiger partial charge in [-0.1, -0.05) is 35.9 Å². The number of amides is 1. The normalized spacial score (nSPS) is 11.6. The minimum absolute atomic E-state index is 0.150. The zero-order valence-electron chi connectivity index (χ0n) is 15.4. The van der Waals surface area contributed by atoms with Crippen molar-refractivity contribution in [1.82, 2.24) is 9.99 Å². The minimum Gasteiger partial charge on any atom is -0.310 e. The zero-order chi connectivity index (χ0) is 21.7. The fraction of sp³-hybridized carbons (Fsp3) is 0.0952. The van der Waals surface area contributed by atoms with Gasteiger partial charge in [0.1, 0.15) is 5.56 Å². The molecule has 0 atom stereocenters. The summed E-state index contributed by atoms with van der Waals surface area (Å²) < 4.78 is 39.6. The zero-order valence-corrected chi connectivity index (χ0v) is 16.1. The van der Waals surface area contributed by atoms with Gasteiger partial charge in [-0.3, -0.25) is 9.59 Å². The van der Waals surface area contributed by atoms with Gasteiger partial charge in [0.05, 0.1) is 18.3 Å². The van der Waals surface area contributed by atoms with Crippen LogP contribution in [0.3, 0.4) is 0 Å². The van der Waals surface area contributed by atoms with Crippen LogP contribution >= 0.6 is 11.6 Å². The molecule has 5 nitrogen and oxygen atoms in total. The van der Waals surface area contributed by atoms with Gasteiger partial charge in [-0.15, -0.1) is 0 Å². The highest BCUT2D eigenvalue weighted by Gasteiger charge is 2.30. The first kappa shape index (κ1) is 21.3. The van der Waals surface area contributed by atoms with Crippen LogP contribution in [0.4, 0.5) is 13.2 Å². The van der Waals surface area contributed by atoms with Gasteiger partial charge >= 0.3 is 6.18 Å². The van der Waals surface area contributed by atoms with E-state index in [-0.39, 0.29) is 17.7 Å². The maximum atomic E-state index is 12.7. The first-order valence-corrected chi connectivity index (χ1v) is 9.06. The van der Waals surface area contributed by atoms with Crippen molar-refractivity contribution in [3.63, 3.8) is 0 Å². The lowest BCUT2D eigenvalue weighted by Gasteiger charge is -2.08. The number of nitrogens with zero attached hydrogens (tertiary/aromatic N) is 2. The molecule has 1 N–H and O–H groups in total. The van der Waals surface area contributed by atoms with Gasteiger partial charge in [-0.2, -0.15) is 18.3 Å². The van der Waals surface area contributed by atoms with Gasteiger partial charge in [0.15, 0.2) is 0 Å². The van der Waals surface area contributed by atoms with Crippen molar-refractivity contribution < 1.29 is 18.0 Å². The fourth-order valence-corrected chi connectivity index (χ4v) is 2.90. The monoisotopic (exact) mass is 433 g/mol. The molecule has 154 valence electrons. The van der Waals surface area contributed by atoms with Crippen LogP contribution < -0.4 is 11.0 Å². The lowest BCUT2D eigenvalue weighted by Crippen LogP contribution is -2.30. The number of pyridine rings is 1. The van der Waals surface area contributed by atoms with E-state index in [0.29, 0.717) is 5.02 Å². The molecule has 1 amide bonds.